The lowest BCUT2D eigenvalue weighted by Crippen LogP contribution is -2.32. The van der Waals surface area contributed by atoms with Gasteiger partial charge in [-0.2, -0.15) is 0 Å². The maximum absolute atomic E-state index is 11.9. The van der Waals surface area contributed by atoms with Crippen molar-refractivity contribution in [3.63, 3.8) is 0 Å². The molecule has 0 radical (unpaired) electrons. The third kappa shape index (κ3) is 3.60. The molecule has 0 aromatic carbocycles. The maximum Gasteiger partial charge on any atom is 0.253 e. The molecule has 1 amide bonds. The highest BCUT2D eigenvalue weighted by Gasteiger charge is 2.21. The van der Waals surface area contributed by atoms with E-state index in [0.717, 1.165) is 25.7 Å². The summed E-state index contributed by atoms with van der Waals surface area (Å²) >= 11 is 12.9. The molecule has 2 rings (SSSR count). The van der Waals surface area contributed by atoms with Gasteiger partial charge in [-0.25, -0.2) is 0 Å². The first-order chi connectivity index (χ1) is 8.56. The van der Waals surface area contributed by atoms with Crippen LogP contribution in [0.3, 0.4) is 0 Å². The van der Waals surface area contributed by atoms with Crippen LogP contribution in [0.5, 0.6) is 0 Å². The minimum Gasteiger partial charge on any atom is -0.393 e. The summed E-state index contributed by atoms with van der Waals surface area (Å²) in [5.41, 5.74) is 0.433. The van der Waals surface area contributed by atoms with E-state index in [4.69, 9.17) is 23.2 Å². The van der Waals surface area contributed by atoms with Crippen molar-refractivity contribution >= 4 is 40.4 Å². The molecule has 1 aromatic rings. The SMILES string of the molecule is O=C(NCC1CCCC(O)C1)c1cc(Cl)sc1Cl. The standard InChI is InChI=1S/C12H15Cl2NO2S/c13-10-5-9(11(14)18-10)12(17)15-6-7-2-1-3-8(16)4-7/h5,7-8,16H,1-4,6H2,(H,15,17). The molecule has 1 aliphatic rings. The van der Waals surface area contributed by atoms with Crippen LogP contribution in [-0.2, 0) is 0 Å². The highest BCUT2D eigenvalue weighted by atomic mass is 35.5. The Hall–Kier alpha value is -0.290. The first kappa shape index (κ1) is 14.1. The van der Waals surface area contributed by atoms with Crippen molar-refractivity contribution in [1.82, 2.24) is 5.32 Å². The molecule has 1 fully saturated rings. The van der Waals surface area contributed by atoms with E-state index < -0.39 is 0 Å². The van der Waals surface area contributed by atoms with Gasteiger partial charge in [0.25, 0.3) is 5.91 Å². The molecule has 6 heteroatoms. The van der Waals surface area contributed by atoms with E-state index in [-0.39, 0.29) is 12.0 Å². The number of hydrogen-bond donors (Lipinski definition) is 2. The fraction of sp³-hybridized carbons (Fsp3) is 0.583. The molecule has 1 saturated carbocycles. The summed E-state index contributed by atoms with van der Waals surface area (Å²) in [6.07, 6.45) is 3.48. The topological polar surface area (TPSA) is 49.3 Å². The predicted molar refractivity (Wildman–Crippen MR) is 74.6 cm³/mol. The third-order valence-corrected chi connectivity index (χ3v) is 4.70. The molecule has 2 N–H and O–H groups in total. The van der Waals surface area contributed by atoms with Crippen LogP contribution in [0.25, 0.3) is 0 Å². The quantitative estimate of drug-likeness (QED) is 0.900. The summed E-state index contributed by atoms with van der Waals surface area (Å²) in [5, 5.41) is 12.4. The summed E-state index contributed by atoms with van der Waals surface area (Å²) < 4.78 is 0.930. The highest BCUT2D eigenvalue weighted by Crippen LogP contribution is 2.31. The Balaban J connectivity index is 1.86. The molecule has 0 saturated heterocycles. The second-order valence-electron chi connectivity index (χ2n) is 4.63. The Labute approximate surface area is 120 Å². The summed E-state index contributed by atoms with van der Waals surface area (Å²) in [6.45, 7) is 0.583. The van der Waals surface area contributed by atoms with Crippen LogP contribution in [0.2, 0.25) is 8.67 Å². The summed E-state index contributed by atoms with van der Waals surface area (Å²) in [7, 11) is 0. The van der Waals surface area contributed by atoms with Gasteiger partial charge in [-0.15, -0.1) is 11.3 Å². The van der Waals surface area contributed by atoms with Crippen LogP contribution < -0.4 is 5.32 Å². The molecule has 1 aliphatic carbocycles. The second kappa shape index (κ2) is 6.24. The molecule has 1 heterocycles. The van der Waals surface area contributed by atoms with Crippen LogP contribution >= 0.6 is 34.5 Å². The summed E-state index contributed by atoms with van der Waals surface area (Å²) in [4.78, 5) is 11.9. The number of carbonyl (C=O) groups excluding carboxylic acids is 1. The molecule has 0 spiro atoms. The first-order valence-electron chi connectivity index (χ1n) is 5.97. The zero-order chi connectivity index (χ0) is 13.1. The van der Waals surface area contributed by atoms with E-state index in [1.165, 1.54) is 11.3 Å². The van der Waals surface area contributed by atoms with Gasteiger partial charge in [0.2, 0.25) is 0 Å². The molecule has 100 valence electrons. The van der Waals surface area contributed by atoms with Crippen molar-refractivity contribution in [2.45, 2.75) is 31.8 Å². The number of amides is 1. The van der Waals surface area contributed by atoms with Gasteiger partial charge >= 0.3 is 0 Å². The first-order valence-corrected chi connectivity index (χ1v) is 7.54. The minimum absolute atomic E-state index is 0.191. The Morgan fingerprint density at radius 2 is 2.28 bits per heavy atom. The predicted octanol–water partition coefficient (Wildman–Crippen LogP) is 3.34. The van der Waals surface area contributed by atoms with E-state index in [2.05, 4.69) is 5.32 Å². The minimum atomic E-state index is -0.222. The number of aliphatic hydroxyl groups is 1. The van der Waals surface area contributed by atoms with Gasteiger partial charge in [-0.05, 0) is 31.2 Å². The molecule has 18 heavy (non-hydrogen) atoms. The van der Waals surface area contributed by atoms with E-state index in [0.29, 0.717) is 26.7 Å². The van der Waals surface area contributed by atoms with Crippen molar-refractivity contribution in [2.75, 3.05) is 6.54 Å². The number of rotatable bonds is 3. The molecule has 2 unspecified atom stereocenters. The Morgan fingerprint density at radius 3 is 2.89 bits per heavy atom. The normalized spacial score (nSPS) is 23.9. The molecule has 0 bridgehead atoms. The van der Waals surface area contributed by atoms with Crippen LogP contribution in [-0.4, -0.2) is 23.7 Å². The lowest BCUT2D eigenvalue weighted by molar-refractivity contribution is 0.0874. The van der Waals surface area contributed by atoms with E-state index in [1.54, 1.807) is 6.07 Å². The lowest BCUT2D eigenvalue weighted by Gasteiger charge is -2.25. The van der Waals surface area contributed by atoms with Gasteiger partial charge < -0.3 is 10.4 Å². The number of thiophene rings is 1. The van der Waals surface area contributed by atoms with Crippen LogP contribution in [0.1, 0.15) is 36.0 Å². The monoisotopic (exact) mass is 307 g/mol. The van der Waals surface area contributed by atoms with Gasteiger partial charge in [0.05, 0.1) is 16.0 Å². The molecular formula is C12H15Cl2NO2S. The average Bonchev–Trinajstić information content (AvgIpc) is 2.66. The van der Waals surface area contributed by atoms with Crippen molar-refractivity contribution in [2.24, 2.45) is 5.92 Å². The summed E-state index contributed by atoms with van der Waals surface area (Å²) in [6, 6.07) is 1.58. The fourth-order valence-electron chi connectivity index (χ4n) is 2.28. The number of halogens is 2. The Kier molecular flexibility index (Phi) is 4.90. The van der Waals surface area contributed by atoms with Gasteiger partial charge in [-0.3, -0.25) is 4.79 Å². The molecule has 3 nitrogen and oxygen atoms in total. The van der Waals surface area contributed by atoms with E-state index in [1.807, 2.05) is 0 Å². The van der Waals surface area contributed by atoms with E-state index >= 15 is 0 Å². The smallest absolute Gasteiger partial charge is 0.253 e. The lowest BCUT2D eigenvalue weighted by atomic mass is 9.87. The molecule has 0 aliphatic heterocycles. The highest BCUT2D eigenvalue weighted by molar-refractivity contribution is 7.20. The van der Waals surface area contributed by atoms with Gasteiger partial charge in [0.1, 0.15) is 4.34 Å². The number of carbonyl (C=O) groups is 1. The second-order valence-corrected chi connectivity index (χ2v) is 6.92. The van der Waals surface area contributed by atoms with Crippen LogP contribution in [0, 0.1) is 5.92 Å². The Morgan fingerprint density at radius 1 is 1.50 bits per heavy atom. The zero-order valence-corrected chi connectivity index (χ0v) is 12.1. The third-order valence-electron chi connectivity index (χ3n) is 3.21. The van der Waals surface area contributed by atoms with Crippen molar-refractivity contribution in [3.05, 3.63) is 20.3 Å². The van der Waals surface area contributed by atoms with E-state index in [9.17, 15) is 9.90 Å². The van der Waals surface area contributed by atoms with Gasteiger partial charge in [0, 0.05) is 6.54 Å². The fourth-order valence-corrected chi connectivity index (χ4v) is 3.73. The number of nitrogens with one attached hydrogen (secondary N) is 1. The van der Waals surface area contributed by atoms with Crippen LogP contribution in [0.4, 0.5) is 0 Å². The van der Waals surface area contributed by atoms with Crippen LogP contribution in [0.15, 0.2) is 6.07 Å². The molecule has 2 atom stereocenters. The molecular weight excluding hydrogens is 293 g/mol. The Bertz CT molecular complexity index is 436. The average molecular weight is 308 g/mol. The maximum atomic E-state index is 11.9. The number of hydrogen-bond acceptors (Lipinski definition) is 3. The largest absolute Gasteiger partial charge is 0.393 e. The molecule has 1 aromatic heterocycles. The van der Waals surface area contributed by atoms with Gasteiger partial charge in [0.15, 0.2) is 0 Å². The van der Waals surface area contributed by atoms with Gasteiger partial charge in [-0.1, -0.05) is 29.6 Å². The summed E-state index contributed by atoms with van der Waals surface area (Å²) in [5.74, 6) is 0.161. The van der Waals surface area contributed by atoms with Crippen molar-refractivity contribution in [3.8, 4) is 0 Å². The zero-order valence-electron chi connectivity index (χ0n) is 9.79. The number of aliphatic hydroxyl groups excluding tert-OH is 1. The van der Waals surface area contributed by atoms with Crippen molar-refractivity contribution < 1.29 is 9.90 Å². The van der Waals surface area contributed by atoms with Crippen molar-refractivity contribution in [1.29, 1.82) is 0 Å².